The van der Waals surface area contributed by atoms with Crippen molar-refractivity contribution in [3.05, 3.63) is 71.6 Å². The fourth-order valence-electron chi connectivity index (χ4n) is 3.16. The molecule has 1 unspecified atom stereocenters. The summed E-state index contributed by atoms with van der Waals surface area (Å²) in [5.41, 5.74) is 2.26. The highest BCUT2D eigenvalue weighted by atomic mass is 35.5. The molecule has 3 rings (SSSR count). The van der Waals surface area contributed by atoms with E-state index in [9.17, 15) is 18.8 Å². The van der Waals surface area contributed by atoms with Crippen LogP contribution in [0.2, 0.25) is 0 Å². The Balaban J connectivity index is 1.80. The summed E-state index contributed by atoms with van der Waals surface area (Å²) in [6, 6.07) is 9.60. The van der Waals surface area contributed by atoms with Crippen LogP contribution in [0, 0.1) is 12.7 Å². The maximum atomic E-state index is 14.5. The molecule has 1 atom stereocenters. The molecule has 31 heavy (non-hydrogen) atoms. The number of nitrogens with one attached hydrogen (secondary N) is 2. The number of allylic oxidation sites excluding steroid dienone is 1. The summed E-state index contributed by atoms with van der Waals surface area (Å²) in [6.45, 7) is 6.57. The Morgan fingerprint density at radius 2 is 1.81 bits per heavy atom. The minimum Gasteiger partial charge on any atom is -0.349 e. The van der Waals surface area contributed by atoms with Gasteiger partial charge in [-0.3, -0.25) is 14.4 Å². The van der Waals surface area contributed by atoms with Crippen molar-refractivity contribution in [3.63, 3.8) is 0 Å². The molecule has 1 aliphatic carbocycles. The summed E-state index contributed by atoms with van der Waals surface area (Å²) in [5.74, 6) is -1.49. The van der Waals surface area contributed by atoms with E-state index in [1.165, 1.54) is 13.0 Å². The summed E-state index contributed by atoms with van der Waals surface area (Å²) in [5, 5.41) is 5.47. The van der Waals surface area contributed by atoms with Gasteiger partial charge in [0, 0.05) is 23.6 Å². The van der Waals surface area contributed by atoms with E-state index >= 15 is 0 Å². The third-order valence-corrected chi connectivity index (χ3v) is 5.31. The zero-order valence-electron chi connectivity index (χ0n) is 17.4. The van der Waals surface area contributed by atoms with Crippen LogP contribution in [-0.4, -0.2) is 28.6 Å². The second-order valence-corrected chi connectivity index (χ2v) is 8.79. The number of hydrogen-bond donors (Lipinski definition) is 2. The lowest BCUT2D eigenvalue weighted by Crippen LogP contribution is -2.42. The Morgan fingerprint density at radius 1 is 1.16 bits per heavy atom. The molecule has 1 saturated carbocycles. The van der Waals surface area contributed by atoms with E-state index in [4.69, 9.17) is 11.6 Å². The van der Waals surface area contributed by atoms with Gasteiger partial charge in [-0.2, -0.15) is 0 Å². The summed E-state index contributed by atoms with van der Waals surface area (Å²) in [7, 11) is 0. The van der Waals surface area contributed by atoms with Gasteiger partial charge in [-0.1, -0.05) is 30.3 Å². The number of rotatable bonds is 8. The summed E-state index contributed by atoms with van der Waals surface area (Å²) >= 11 is 6.23. The Morgan fingerprint density at radius 3 is 2.39 bits per heavy atom. The van der Waals surface area contributed by atoms with E-state index < -0.39 is 16.7 Å². The maximum Gasteiger partial charge on any atom is 0.252 e. The van der Waals surface area contributed by atoms with Crippen LogP contribution in [0.3, 0.4) is 0 Å². The van der Waals surface area contributed by atoms with Gasteiger partial charge >= 0.3 is 0 Å². The van der Waals surface area contributed by atoms with Crippen molar-refractivity contribution in [1.82, 2.24) is 10.6 Å². The molecule has 7 heteroatoms. The first-order valence-electron chi connectivity index (χ1n) is 9.98. The molecule has 1 fully saturated rings. The topological polar surface area (TPSA) is 75.3 Å². The Bertz CT molecular complexity index is 1040. The molecule has 0 aromatic heterocycles. The Kier molecular flexibility index (Phi) is 6.60. The van der Waals surface area contributed by atoms with Crippen LogP contribution in [0.5, 0.6) is 0 Å². The van der Waals surface area contributed by atoms with Gasteiger partial charge in [0.15, 0.2) is 5.78 Å². The molecule has 162 valence electrons. The number of benzene rings is 2. The smallest absolute Gasteiger partial charge is 0.252 e. The third kappa shape index (κ3) is 5.79. The highest BCUT2D eigenvalue weighted by Crippen LogP contribution is 2.28. The number of alkyl halides is 1. The van der Waals surface area contributed by atoms with Crippen LogP contribution in [0.4, 0.5) is 4.39 Å². The van der Waals surface area contributed by atoms with Crippen LogP contribution < -0.4 is 10.6 Å². The molecule has 2 N–H and O–H groups in total. The van der Waals surface area contributed by atoms with Crippen molar-refractivity contribution in [2.45, 2.75) is 44.1 Å². The summed E-state index contributed by atoms with van der Waals surface area (Å²) in [6.07, 6.45) is 2.96. The molecule has 5 nitrogen and oxygen atoms in total. The molecule has 2 aromatic rings. The molecule has 0 spiro atoms. The van der Waals surface area contributed by atoms with E-state index in [0.717, 1.165) is 18.9 Å². The number of ketones is 1. The lowest BCUT2D eigenvalue weighted by molar-refractivity contribution is -0.115. The van der Waals surface area contributed by atoms with Crippen LogP contribution in [0.15, 0.2) is 49.1 Å². The fourth-order valence-corrected chi connectivity index (χ4v) is 3.38. The number of halogens is 2. The van der Waals surface area contributed by atoms with Crippen molar-refractivity contribution < 1.29 is 18.8 Å². The number of hydrogen-bond acceptors (Lipinski definition) is 3. The first-order chi connectivity index (χ1) is 14.6. The van der Waals surface area contributed by atoms with Crippen molar-refractivity contribution >= 4 is 29.2 Å². The molecule has 0 bridgehead atoms. The number of carbonyl (C=O) groups excluding carboxylic acids is 3. The summed E-state index contributed by atoms with van der Waals surface area (Å²) < 4.78 is 14.5. The molecular weight excluding hydrogens is 419 g/mol. The second-order valence-electron chi connectivity index (χ2n) is 7.95. The van der Waals surface area contributed by atoms with Crippen LogP contribution in [-0.2, 0) is 4.79 Å². The van der Waals surface area contributed by atoms with Crippen molar-refractivity contribution in [3.8, 4) is 11.1 Å². The number of carbonyl (C=O) groups is 3. The molecular formula is C24H24ClFN2O3. The van der Waals surface area contributed by atoms with Crippen molar-refractivity contribution in [2.24, 2.45) is 0 Å². The monoisotopic (exact) mass is 442 g/mol. The Hall–Kier alpha value is -2.99. The highest BCUT2D eigenvalue weighted by molar-refractivity contribution is 6.26. The first kappa shape index (κ1) is 22.7. The highest BCUT2D eigenvalue weighted by Gasteiger charge is 2.27. The van der Waals surface area contributed by atoms with Crippen LogP contribution in [0.1, 0.15) is 52.5 Å². The minimum absolute atomic E-state index is 0.0872. The average Bonchev–Trinajstić information content (AvgIpc) is 3.53. The predicted octanol–water partition coefficient (Wildman–Crippen LogP) is 4.52. The molecule has 2 amide bonds. The largest absolute Gasteiger partial charge is 0.349 e. The zero-order chi connectivity index (χ0) is 22.8. The van der Waals surface area contributed by atoms with Gasteiger partial charge in [-0.05, 0) is 73.7 Å². The van der Waals surface area contributed by atoms with Crippen molar-refractivity contribution in [2.75, 3.05) is 0 Å². The predicted molar refractivity (Wildman–Crippen MR) is 119 cm³/mol. The van der Waals surface area contributed by atoms with E-state index in [0.29, 0.717) is 22.3 Å². The van der Waals surface area contributed by atoms with Crippen LogP contribution >= 0.6 is 11.6 Å². The molecule has 0 saturated heterocycles. The standard InChI is InChI=1S/C24H24ClFN2O3/c1-4-19(29)13-24(3,25)28-23(31)16-7-5-15(6-8-16)20-11-17(12-21(26)14(20)2)22(30)27-18-9-10-18/h4-8,11-12,18H,1,9-10,13H2,2-3H3,(H,27,30)(H,28,31). The normalized spacial score (nSPS) is 15.0. The lowest BCUT2D eigenvalue weighted by atomic mass is 9.96. The molecule has 2 aromatic carbocycles. The van der Waals surface area contributed by atoms with E-state index in [1.54, 1.807) is 37.3 Å². The van der Waals surface area contributed by atoms with Crippen molar-refractivity contribution in [1.29, 1.82) is 0 Å². The van der Waals surface area contributed by atoms with E-state index in [-0.39, 0.29) is 29.7 Å². The second kappa shape index (κ2) is 9.02. The third-order valence-electron chi connectivity index (χ3n) is 5.09. The lowest BCUT2D eigenvalue weighted by Gasteiger charge is -2.22. The molecule has 0 heterocycles. The van der Waals surface area contributed by atoms with Gasteiger partial charge in [0.25, 0.3) is 11.8 Å². The fraction of sp³-hybridized carbons (Fsp3) is 0.292. The average molecular weight is 443 g/mol. The van der Waals surface area contributed by atoms with Gasteiger partial charge in [0.1, 0.15) is 10.8 Å². The summed E-state index contributed by atoms with van der Waals surface area (Å²) in [4.78, 5) is 35.1. The maximum absolute atomic E-state index is 14.5. The quantitative estimate of drug-likeness (QED) is 0.358. The first-order valence-corrected chi connectivity index (χ1v) is 10.4. The van der Waals surface area contributed by atoms with E-state index in [2.05, 4.69) is 17.2 Å². The minimum atomic E-state index is -1.25. The molecule has 0 aliphatic heterocycles. The van der Waals surface area contributed by atoms with Gasteiger partial charge in [0.05, 0.1) is 0 Å². The molecule has 0 radical (unpaired) electrons. The van der Waals surface area contributed by atoms with Gasteiger partial charge in [0.2, 0.25) is 0 Å². The van der Waals surface area contributed by atoms with Gasteiger partial charge < -0.3 is 10.6 Å². The molecule has 1 aliphatic rings. The number of amides is 2. The zero-order valence-corrected chi connectivity index (χ0v) is 18.2. The van der Waals surface area contributed by atoms with Gasteiger partial charge in [-0.15, -0.1) is 0 Å². The SMILES string of the molecule is C=CC(=O)CC(C)(Cl)NC(=O)c1ccc(-c2cc(C(=O)NC3CC3)cc(F)c2C)cc1. The Labute approximate surface area is 185 Å². The van der Waals surface area contributed by atoms with Gasteiger partial charge in [-0.25, -0.2) is 4.39 Å². The van der Waals surface area contributed by atoms with E-state index in [1.807, 2.05) is 0 Å². The van der Waals surface area contributed by atoms with Crippen LogP contribution in [0.25, 0.3) is 11.1 Å².